The van der Waals surface area contributed by atoms with Gasteiger partial charge in [-0.3, -0.25) is 4.79 Å². The Hall–Kier alpha value is -3.45. The fourth-order valence-corrected chi connectivity index (χ4v) is 4.22. The first-order valence-electron chi connectivity index (χ1n) is 10.4. The highest BCUT2D eigenvalue weighted by molar-refractivity contribution is 7.99. The van der Waals surface area contributed by atoms with Gasteiger partial charge in [0, 0.05) is 25.1 Å². The first-order chi connectivity index (χ1) is 15.7. The van der Waals surface area contributed by atoms with Gasteiger partial charge in [-0.05, 0) is 72.2 Å². The summed E-state index contributed by atoms with van der Waals surface area (Å²) >= 11 is 1.56. The largest absolute Gasteiger partial charge is 0.348 e. The van der Waals surface area contributed by atoms with Gasteiger partial charge in [0.25, 0.3) is 5.91 Å². The van der Waals surface area contributed by atoms with Gasteiger partial charge in [-0.15, -0.1) is 11.8 Å². The van der Waals surface area contributed by atoms with Crippen LogP contribution >= 0.6 is 11.8 Å². The summed E-state index contributed by atoms with van der Waals surface area (Å²) in [5, 5.41) is 7.95. The highest BCUT2D eigenvalue weighted by atomic mass is 32.2. The van der Waals surface area contributed by atoms with Gasteiger partial charge in [0.05, 0.1) is 11.3 Å². The molecule has 7 heteroatoms. The molecule has 0 unspecified atom stereocenters. The van der Waals surface area contributed by atoms with Crippen molar-refractivity contribution in [3.05, 3.63) is 108 Å². The normalized spacial score (nSPS) is 10.8. The Kier molecular flexibility index (Phi) is 7.30. The Morgan fingerprint density at radius 1 is 1.00 bits per heavy atom. The van der Waals surface area contributed by atoms with E-state index in [4.69, 9.17) is 0 Å². The Bertz CT molecular complexity index is 1160. The van der Waals surface area contributed by atoms with Crippen LogP contribution in [-0.4, -0.2) is 26.4 Å². The summed E-state index contributed by atoms with van der Waals surface area (Å²) < 4.78 is 14.8. The monoisotopic (exact) mass is 446 g/mol. The van der Waals surface area contributed by atoms with Crippen LogP contribution in [0.3, 0.4) is 0 Å². The Labute approximate surface area is 190 Å². The molecule has 0 saturated carbocycles. The lowest BCUT2D eigenvalue weighted by Gasteiger charge is -2.10. The first-order valence-corrected chi connectivity index (χ1v) is 11.4. The zero-order valence-corrected chi connectivity index (χ0v) is 18.3. The number of carbonyl (C=O) groups is 1. The number of aryl methyl sites for hydroxylation is 1. The van der Waals surface area contributed by atoms with Gasteiger partial charge < -0.3 is 5.32 Å². The van der Waals surface area contributed by atoms with Crippen LogP contribution in [0, 0.1) is 5.82 Å². The van der Waals surface area contributed by atoms with Crippen molar-refractivity contribution in [2.45, 2.75) is 24.4 Å². The van der Waals surface area contributed by atoms with E-state index >= 15 is 0 Å². The molecule has 0 saturated heterocycles. The second-order valence-corrected chi connectivity index (χ2v) is 8.32. The summed E-state index contributed by atoms with van der Waals surface area (Å²) in [6.07, 6.45) is 7.08. The van der Waals surface area contributed by atoms with Gasteiger partial charge in [-0.1, -0.05) is 24.3 Å². The standard InChI is InChI=1S/C25H23FN4OS/c26-21-11-9-19(10-12-21)6-3-16-32-25-23(8-2-13-27-25)24(31)28-18-20-5-1-7-22(17-20)30-15-4-14-29-30/h1-2,4-5,7-15,17H,3,6,16,18H2,(H,28,31). The minimum Gasteiger partial charge on any atom is -0.348 e. The minimum absolute atomic E-state index is 0.149. The summed E-state index contributed by atoms with van der Waals surface area (Å²) in [6.45, 7) is 0.414. The summed E-state index contributed by atoms with van der Waals surface area (Å²) in [6, 6.07) is 19.9. The smallest absolute Gasteiger partial charge is 0.254 e. The predicted octanol–water partition coefficient (Wildman–Crippen LogP) is 5.06. The van der Waals surface area contributed by atoms with E-state index in [1.165, 1.54) is 12.1 Å². The molecule has 0 radical (unpaired) electrons. The molecule has 4 rings (SSSR count). The predicted molar refractivity (Wildman–Crippen MR) is 124 cm³/mol. The van der Waals surface area contributed by atoms with Crippen molar-refractivity contribution in [1.82, 2.24) is 20.1 Å². The number of thioether (sulfide) groups is 1. The SMILES string of the molecule is O=C(NCc1cccc(-n2cccn2)c1)c1cccnc1SCCCc1ccc(F)cc1. The van der Waals surface area contributed by atoms with Crippen molar-refractivity contribution in [2.75, 3.05) is 5.75 Å². The minimum atomic E-state index is -0.222. The van der Waals surface area contributed by atoms with E-state index in [0.29, 0.717) is 12.1 Å². The highest BCUT2D eigenvalue weighted by Crippen LogP contribution is 2.22. The van der Waals surface area contributed by atoms with E-state index in [-0.39, 0.29) is 11.7 Å². The molecule has 0 aliphatic carbocycles. The molecular weight excluding hydrogens is 423 g/mol. The lowest BCUT2D eigenvalue weighted by Crippen LogP contribution is -2.23. The number of hydrogen-bond acceptors (Lipinski definition) is 4. The number of nitrogens with one attached hydrogen (secondary N) is 1. The Balaban J connectivity index is 1.32. The maximum Gasteiger partial charge on any atom is 0.254 e. The van der Waals surface area contributed by atoms with Crippen molar-refractivity contribution in [1.29, 1.82) is 0 Å². The first kappa shape index (κ1) is 21.8. The van der Waals surface area contributed by atoms with Crippen LogP contribution in [0.1, 0.15) is 27.9 Å². The van der Waals surface area contributed by atoms with Crippen molar-refractivity contribution in [2.24, 2.45) is 0 Å². The second kappa shape index (κ2) is 10.7. The molecule has 1 N–H and O–H groups in total. The van der Waals surface area contributed by atoms with Crippen LogP contribution in [0.15, 0.2) is 90.3 Å². The molecule has 2 heterocycles. The van der Waals surface area contributed by atoms with E-state index in [0.717, 1.165) is 40.4 Å². The molecule has 0 spiro atoms. The Morgan fingerprint density at radius 2 is 1.88 bits per heavy atom. The molecule has 5 nitrogen and oxygen atoms in total. The summed E-state index contributed by atoms with van der Waals surface area (Å²) in [5.74, 6) is 0.449. The second-order valence-electron chi connectivity index (χ2n) is 7.24. The maximum absolute atomic E-state index is 13.0. The van der Waals surface area contributed by atoms with Crippen molar-refractivity contribution >= 4 is 17.7 Å². The lowest BCUT2D eigenvalue weighted by atomic mass is 10.1. The molecule has 0 aliphatic heterocycles. The lowest BCUT2D eigenvalue weighted by molar-refractivity contribution is 0.0947. The summed E-state index contributed by atoms with van der Waals surface area (Å²) in [5.41, 5.74) is 3.61. The van der Waals surface area contributed by atoms with Gasteiger partial charge in [0.15, 0.2) is 0 Å². The fourth-order valence-electron chi connectivity index (χ4n) is 3.28. The average molecular weight is 447 g/mol. The van der Waals surface area contributed by atoms with E-state index in [1.807, 2.05) is 36.5 Å². The zero-order valence-electron chi connectivity index (χ0n) is 17.4. The van der Waals surface area contributed by atoms with Crippen LogP contribution in [0.25, 0.3) is 5.69 Å². The number of nitrogens with zero attached hydrogens (tertiary/aromatic N) is 3. The molecule has 1 amide bonds. The Morgan fingerprint density at radius 3 is 2.69 bits per heavy atom. The molecular formula is C25H23FN4OS. The molecule has 2 aromatic carbocycles. The molecule has 0 atom stereocenters. The highest BCUT2D eigenvalue weighted by Gasteiger charge is 2.12. The number of amides is 1. The van der Waals surface area contributed by atoms with Crippen molar-refractivity contribution < 1.29 is 9.18 Å². The molecule has 0 bridgehead atoms. The quantitative estimate of drug-likeness (QED) is 0.288. The average Bonchev–Trinajstić information content (AvgIpc) is 3.37. The number of carbonyl (C=O) groups excluding carboxylic acids is 1. The third kappa shape index (κ3) is 5.82. The van der Waals surface area contributed by atoms with Crippen LogP contribution in [0.5, 0.6) is 0 Å². The number of hydrogen-bond donors (Lipinski definition) is 1. The third-order valence-electron chi connectivity index (χ3n) is 4.91. The summed E-state index contributed by atoms with van der Waals surface area (Å²) in [7, 11) is 0. The van der Waals surface area contributed by atoms with E-state index in [2.05, 4.69) is 15.4 Å². The summed E-state index contributed by atoms with van der Waals surface area (Å²) in [4.78, 5) is 17.2. The maximum atomic E-state index is 13.0. The molecule has 4 aromatic rings. The molecule has 162 valence electrons. The van der Waals surface area contributed by atoms with Gasteiger partial charge in [-0.2, -0.15) is 5.10 Å². The van der Waals surface area contributed by atoms with Gasteiger partial charge in [0.2, 0.25) is 0 Å². The van der Waals surface area contributed by atoms with Crippen LogP contribution < -0.4 is 5.32 Å². The number of benzene rings is 2. The zero-order chi connectivity index (χ0) is 22.2. The number of pyridine rings is 1. The number of halogens is 1. The fraction of sp³-hybridized carbons (Fsp3) is 0.160. The van der Waals surface area contributed by atoms with Crippen molar-refractivity contribution in [3.63, 3.8) is 0 Å². The van der Waals surface area contributed by atoms with Crippen LogP contribution in [0.2, 0.25) is 0 Å². The van der Waals surface area contributed by atoms with Gasteiger partial charge in [-0.25, -0.2) is 14.1 Å². The van der Waals surface area contributed by atoms with Crippen LogP contribution in [0.4, 0.5) is 4.39 Å². The van der Waals surface area contributed by atoms with E-state index < -0.39 is 0 Å². The number of rotatable bonds is 9. The van der Waals surface area contributed by atoms with E-state index in [1.54, 1.807) is 53.1 Å². The van der Waals surface area contributed by atoms with E-state index in [9.17, 15) is 9.18 Å². The molecule has 0 fully saturated rings. The van der Waals surface area contributed by atoms with Gasteiger partial charge >= 0.3 is 0 Å². The number of aromatic nitrogens is 3. The molecule has 0 aliphatic rings. The molecule has 32 heavy (non-hydrogen) atoms. The third-order valence-corrected chi connectivity index (χ3v) is 6.00. The van der Waals surface area contributed by atoms with Crippen molar-refractivity contribution in [3.8, 4) is 5.69 Å². The molecule has 2 aromatic heterocycles. The van der Waals surface area contributed by atoms with Gasteiger partial charge in [0.1, 0.15) is 10.8 Å². The topological polar surface area (TPSA) is 59.8 Å². The van der Waals surface area contributed by atoms with Crippen LogP contribution in [-0.2, 0) is 13.0 Å².